The zero-order valence-corrected chi connectivity index (χ0v) is 12.7. The molecular formula is C17H16F6N2O. The van der Waals surface area contributed by atoms with Crippen LogP contribution in [0.1, 0.15) is 51.7 Å². The van der Waals surface area contributed by atoms with Gasteiger partial charge in [0.05, 0.1) is 19.9 Å². The van der Waals surface area contributed by atoms with E-state index in [2.05, 4.69) is 4.98 Å². The predicted octanol–water partition coefficient (Wildman–Crippen LogP) is 4.45. The number of hydrogen-bond donors (Lipinski definition) is 2. The molecule has 2 heterocycles. The van der Waals surface area contributed by atoms with E-state index in [4.69, 9.17) is 9.60 Å². The Bertz CT molecular complexity index is 1080. The number of piperidine rings is 1. The van der Waals surface area contributed by atoms with Crippen molar-refractivity contribution in [2.24, 2.45) is 0 Å². The molecule has 26 heavy (non-hydrogen) atoms. The molecule has 3 rings (SSSR count). The first-order valence-corrected chi connectivity index (χ1v) is 7.11. The quantitative estimate of drug-likeness (QED) is 0.751. The van der Waals surface area contributed by atoms with Gasteiger partial charge in [-0.1, -0.05) is 18.5 Å². The summed E-state index contributed by atoms with van der Waals surface area (Å²) in [7, 11) is 0. The topological polar surface area (TPSA) is 45.2 Å². The minimum atomic E-state index is -5.33. The fourth-order valence-corrected chi connectivity index (χ4v) is 2.43. The van der Waals surface area contributed by atoms with Crippen molar-refractivity contribution in [2.75, 3.05) is 6.52 Å². The summed E-state index contributed by atoms with van der Waals surface area (Å²) in [6.07, 6.45) is -19.9. The fourth-order valence-electron chi connectivity index (χ4n) is 2.43. The molecule has 1 aromatic carbocycles. The second-order valence-electron chi connectivity index (χ2n) is 5.31. The van der Waals surface area contributed by atoms with Crippen molar-refractivity contribution in [1.82, 2.24) is 10.3 Å². The number of rotatable bonds is 2. The monoisotopic (exact) mass is 385 g/mol. The first-order valence-electron chi connectivity index (χ1n) is 10.9. The predicted molar refractivity (Wildman–Crippen MR) is 82.3 cm³/mol. The van der Waals surface area contributed by atoms with E-state index in [1.807, 2.05) is 5.32 Å². The van der Waals surface area contributed by atoms with E-state index >= 15 is 0 Å². The Hall–Kier alpha value is -1.87. The van der Waals surface area contributed by atoms with Crippen LogP contribution in [-0.2, 0) is 12.4 Å². The second-order valence-corrected chi connectivity index (χ2v) is 5.31. The van der Waals surface area contributed by atoms with Gasteiger partial charge in [-0.05, 0) is 37.0 Å². The molecule has 1 saturated heterocycles. The fraction of sp³-hybridized carbons (Fsp3) is 0.471. The molecule has 6 atom stereocenters. The number of benzene rings is 1. The normalized spacial score (nSPS) is 39.6. The van der Waals surface area contributed by atoms with Crippen molar-refractivity contribution in [3.63, 3.8) is 0 Å². The van der Waals surface area contributed by atoms with E-state index in [1.165, 1.54) is 0 Å². The lowest BCUT2D eigenvalue weighted by atomic mass is 9.91. The van der Waals surface area contributed by atoms with Crippen LogP contribution in [-0.4, -0.2) is 22.6 Å². The van der Waals surface area contributed by atoms with E-state index in [0.29, 0.717) is 6.07 Å². The largest absolute Gasteiger partial charge is 0.433 e. The Labute approximate surface area is 154 Å². The molecule has 0 bridgehead atoms. The van der Waals surface area contributed by atoms with Gasteiger partial charge in [0.1, 0.15) is 5.69 Å². The maximum Gasteiger partial charge on any atom is 0.433 e. The molecule has 0 saturated carbocycles. The first kappa shape index (κ1) is 11.8. The maximum atomic E-state index is 13.5. The highest BCUT2D eigenvalue weighted by atomic mass is 19.4. The summed E-state index contributed by atoms with van der Waals surface area (Å²) in [5.74, 6) is 0. The zero-order valence-electron chi connectivity index (χ0n) is 19.7. The molecule has 1 aliphatic heterocycles. The molecule has 142 valence electrons. The average Bonchev–Trinajstić information content (AvgIpc) is 2.67. The molecule has 0 amide bonds. The van der Waals surface area contributed by atoms with E-state index in [9.17, 15) is 31.4 Å². The van der Waals surface area contributed by atoms with Crippen LogP contribution in [0.4, 0.5) is 26.3 Å². The third kappa shape index (κ3) is 3.64. The van der Waals surface area contributed by atoms with Crippen molar-refractivity contribution in [3.8, 4) is 0 Å². The number of aliphatic hydroxyl groups is 1. The van der Waals surface area contributed by atoms with Crippen LogP contribution in [0.5, 0.6) is 0 Å². The van der Waals surface area contributed by atoms with Crippen LogP contribution in [0.3, 0.4) is 0 Å². The smallest absolute Gasteiger partial charge is 0.387 e. The number of alkyl halides is 6. The summed E-state index contributed by atoms with van der Waals surface area (Å²) in [6, 6.07) is -3.05. The van der Waals surface area contributed by atoms with Crippen molar-refractivity contribution >= 4 is 10.9 Å². The Kier molecular flexibility index (Phi) is 3.03. The number of nitrogens with one attached hydrogen (secondary N) is 1. The van der Waals surface area contributed by atoms with Gasteiger partial charge in [-0.25, -0.2) is 4.98 Å². The molecule has 2 aromatic rings. The lowest BCUT2D eigenvalue weighted by molar-refractivity contribution is -0.142. The van der Waals surface area contributed by atoms with Crippen LogP contribution >= 0.6 is 0 Å². The van der Waals surface area contributed by atoms with Crippen molar-refractivity contribution < 1.29 is 41.0 Å². The second kappa shape index (κ2) is 6.70. The first-order chi connectivity index (χ1) is 14.8. The van der Waals surface area contributed by atoms with Crippen LogP contribution in [0.15, 0.2) is 24.2 Å². The van der Waals surface area contributed by atoms with E-state index in [1.54, 1.807) is 0 Å². The average molecular weight is 385 g/mol. The van der Waals surface area contributed by atoms with Gasteiger partial charge in [-0.3, -0.25) is 0 Å². The lowest BCUT2D eigenvalue weighted by Crippen LogP contribution is -2.39. The highest BCUT2D eigenvalue weighted by molar-refractivity contribution is 5.86. The highest BCUT2D eigenvalue weighted by Crippen LogP contribution is 2.39. The number of aromatic nitrogens is 1. The Morgan fingerprint density at radius 1 is 1.27 bits per heavy atom. The summed E-state index contributed by atoms with van der Waals surface area (Å²) in [5, 5.41) is 12.0. The third-order valence-corrected chi connectivity index (χ3v) is 3.58. The number of hydrogen-bond acceptors (Lipinski definition) is 3. The Balaban J connectivity index is 2.41. The number of nitrogens with zero attached hydrogens (tertiary/aromatic N) is 1. The van der Waals surface area contributed by atoms with Gasteiger partial charge in [0.25, 0.3) is 0 Å². The van der Waals surface area contributed by atoms with E-state index < -0.39 is 83.9 Å². The van der Waals surface area contributed by atoms with Gasteiger partial charge < -0.3 is 10.4 Å². The highest BCUT2D eigenvalue weighted by Gasteiger charge is 2.38. The van der Waals surface area contributed by atoms with Gasteiger partial charge in [-0.15, -0.1) is 0 Å². The summed E-state index contributed by atoms with van der Waals surface area (Å²) < 4.78 is 137. The van der Waals surface area contributed by atoms with Crippen LogP contribution in [0.2, 0.25) is 0 Å². The van der Waals surface area contributed by atoms with Gasteiger partial charge in [0.2, 0.25) is 0 Å². The molecule has 1 fully saturated rings. The molecule has 3 nitrogen and oxygen atoms in total. The van der Waals surface area contributed by atoms with Crippen molar-refractivity contribution in [1.29, 1.82) is 0 Å². The molecule has 0 spiro atoms. The Morgan fingerprint density at radius 3 is 2.65 bits per heavy atom. The summed E-state index contributed by atoms with van der Waals surface area (Å²) in [6.45, 7) is -1.81. The van der Waals surface area contributed by atoms with Crippen molar-refractivity contribution in [2.45, 2.75) is 43.6 Å². The van der Waals surface area contributed by atoms with Crippen LogP contribution < -0.4 is 5.32 Å². The van der Waals surface area contributed by atoms with Gasteiger partial charge in [0, 0.05) is 18.3 Å². The standard InChI is InChI=1S/C17H16F6N2O/c18-16(19,20)11-5-3-4-9-10(15(26)12-6-1-2-7-24-12)8-13(17(21,22)23)25-14(9)11/h3-5,8,12,15,24,26H,1-2,6-7H2/i1D,2D,3D,6D,7D,12D,15D. The SMILES string of the molecule is [2H]c1cc(C(F)(F)F)c2nc(C(F)(F)F)cc(C([2H])(O)C3([2H])NC([2H])C([2H])C([2H])C3[2H])c2c1. The number of para-hydroxylation sites is 1. The van der Waals surface area contributed by atoms with Gasteiger partial charge in [0.15, 0.2) is 0 Å². The van der Waals surface area contributed by atoms with E-state index in [-0.39, 0.29) is 12.1 Å². The molecule has 6 unspecified atom stereocenters. The molecular weight excluding hydrogens is 362 g/mol. The summed E-state index contributed by atoms with van der Waals surface area (Å²) in [5.41, 5.74) is -6.22. The molecule has 0 aliphatic carbocycles. The number of halogens is 6. The number of pyridine rings is 1. The molecule has 2 N–H and O–H groups in total. The minimum Gasteiger partial charge on any atom is -0.387 e. The van der Waals surface area contributed by atoms with Crippen LogP contribution in [0, 0.1) is 0 Å². The van der Waals surface area contributed by atoms with E-state index in [0.717, 1.165) is 0 Å². The van der Waals surface area contributed by atoms with Gasteiger partial charge >= 0.3 is 12.4 Å². The van der Waals surface area contributed by atoms with Crippen LogP contribution in [0.25, 0.3) is 10.9 Å². The molecule has 9 heteroatoms. The van der Waals surface area contributed by atoms with Crippen molar-refractivity contribution in [3.05, 3.63) is 41.1 Å². The third-order valence-electron chi connectivity index (χ3n) is 3.58. The zero-order chi connectivity index (χ0) is 25.3. The molecule has 1 aliphatic rings. The maximum absolute atomic E-state index is 13.5. The minimum absolute atomic E-state index is 0.0459. The summed E-state index contributed by atoms with van der Waals surface area (Å²) in [4.78, 5) is 3.00. The lowest BCUT2D eigenvalue weighted by Gasteiger charge is -2.29. The summed E-state index contributed by atoms with van der Waals surface area (Å²) >= 11 is 0. The Morgan fingerprint density at radius 2 is 2.00 bits per heavy atom. The molecule has 1 aromatic heterocycles. The van der Waals surface area contributed by atoms with Gasteiger partial charge in [-0.2, -0.15) is 26.3 Å². The molecule has 0 radical (unpaired) electrons. The number of fused-ring (bicyclic) bond motifs is 1.